The molecule has 2 N–H and O–H groups in total. The average Bonchev–Trinajstić information content (AvgIpc) is 2.91. The SMILES string of the molecule is Cc1ccc(-c2nc(C=N)c(NCC3CCN(C(=O)OC(C)(C)C)CC3)cc2-c2ccc(C#N)cc2)cc1. The van der Waals surface area contributed by atoms with Crippen molar-refractivity contribution in [3.8, 4) is 28.5 Å². The lowest BCUT2D eigenvalue weighted by Gasteiger charge is -2.33. The molecule has 0 aliphatic carbocycles. The van der Waals surface area contributed by atoms with Crippen LogP contribution in [-0.2, 0) is 4.74 Å². The van der Waals surface area contributed by atoms with Gasteiger partial charge in [-0.1, -0.05) is 42.0 Å². The van der Waals surface area contributed by atoms with Gasteiger partial charge in [-0.3, -0.25) is 0 Å². The fourth-order valence-corrected chi connectivity index (χ4v) is 4.56. The van der Waals surface area contributed by atoms with Crippen molar-refractivity contribution in [3.63, 3.8) is 0 Å². The maximum absolute atomic E-state index is 12.4. The number of carbonyl (C=O) groups excluding carboxylic acids is 1. The standard InChI is InChI=1S/C31H35N5O2/c1-21-5-9-25(10-6-21)29-26(24-11-7-22(18-32)8-12-24)17-27(28(19-33)35-29)34-20-23-13-15-36(16-14-23)30(37)38-31(2,3)4/h5-12,17,19,23,33-34H,13-16,20H2,1-4H3. The van der Waals surface area contributed by atoms with E-state index in [9.17, 15) is 10.1 Å². The van der Waals surface area contributed by atoms with Crippen molar-refractivity contribution >= 4 is 18.0 Å². The molecular weight excluding hydrogens is 474 g/mol. The number of aryl methyl sites for hydroxylation is 1. The summed E-state index contributed by atoms with van der Waals surface area (Å²) in [5.41, 5.74) is 6.30. The molecular formula is C31H35N5O2. The van der Waals surface area contributed by atoms with Gasteiger partial charge >= 0.3 is 6.09 Å². The number of carbonyl (C=O) groups is 1. The van der Waals surface area contributed by atoms with Crippen LogP contribution in [0.3, 0.4) is 0 Å². The van der Waals surface area contributed by atoms with E-state index in [0.717, 1.165) is 53.0 Å². The van der Waals surface area contributed by atoms with Gasteiger partial charge in [0, 0.05) is 37.0 Å². The van der Waals surface area contributed by atoms with Gasteiger partial charge in [0.25, 0.3) is 0 Å². The van der Waals surface area contributed by atoms with Crippen LogP contribution >= 0.6 is 0 Å². The van der Waals surface area contributed by atoms with Crippen molar-refractivity contribution in [2.24, 2.45) is 5.92 Å². The molecule has 0 radical (unpaired) electrons. The molecule has 2 heterocycles. The number of nitrogens with zero attached hydrogens (tertiary/aromatic N) is 3. The van der Waals surface area contributed by atoms with Crippen LogP contribution in [0.1, 0.15) is 50.4 Å². The van der Waals surface area contributed by atoms with Crippen LogP contribution in [-0.4, -0.2) is 47.4 Å². The summed E-state index contributed by atoms with van der Waals surface area (Å²) in [6, 6.07) is 19.9. The first-order valence-electron chi connectivity index (χ1n) is 13.0. The molecule has 1 fully saturated rings. The lowest BCUT2D eigenvalue weighted by Crippen LogP contribution is -2.42. The van der Waals surface area contributed by atoms with Crippen molar-refractivity contribution in [2.45, 2.75) is 46.1 Å². The number of nitriles is 1. The maximum atomic E-state index is 12.4. The van der Waals surface area contributed by atoms with Crippen LogP contribution < -0.4 is 5.32 Å². The number of hydrogen-bond acceptors (Lipinski definition) is 6. The monoisotopic (exact) mass is 509 g/mol. The molecule has 0 spiro atoms. The van der Waals surface area contributed by atoms with E-state index >= 15 is 0 Å². The van der Waals surface area contributed by atoms with Crippen molar-refractivity contribution in [3.05, 3.63) is 71.4 Å². The van der Waals surface area contributed by atoms with E-state index in [1.807, 2.05) is 64.1 Å². The molecule has 4 rings (SSSR count). The lowest BCUT2D eigenvalue weighted by molar-refractivity contribution is 0.0188. The van der Waals surface area contributed by atoms with Gasteiger partial charge in [-0.15, -0.1) is 0 Å². The second-order valence-electron chi connectivity index (χ2n) is 10.8. The highest BCUT2D eigenvalue weighted by atomic mass is 16.6. The minimum atomic E-state index is -0.497. The molecule has 1 amide bonds. The van der Waals surface area contributed by atoms with Crippen LogP contribution in [0.25, 0.3) is 22.4 Å². The summed E-state index contributed by atoms with van der Waals surface area (Å²) >= 11 is 0. The van der Waals surface area contributed by atoms with Crippen LogP contribution in [0.2, 0.25) is 0 Å². The minimum absolute atomic E-state index is 0.252. The number of nitrogens with one attached hydrogen (secondary N) is 2. The zero-order valence-corrected chi connectivity index (χ0v) is 22.5. The van der Waals surface area contributed by atoms with Gasteiger partial charge in [-0.2, -0.15) is 5.26 Å². The molecule has 0 atom stereocenters. The Hall–Kier alpha value is -4.18. The van der Waals surface area contributed by atoms with E-state index in [0.29, 0.717) is 30.3 Å². The highest BCUT2D eigenvalue weighted by Crippen LogP contribution is 2.34. The first-order valence-corrected chi connectivity index (χ1v) is 13.0. The first kappa shape index (κ1) is 26.9. The van der Waals surface area contributed by atoms with Gasteiger partial charge in [0.15, 0.2) is 0 Å². The van der Waals surface area contributed by atoms with Crippen molar-refractivity contribution in [2.75, 3.05) is 25.0 Å². The second kappa shape index (κ2) is 11.5. The summed E-state index contributed by atoms with van der Waals surface area (Å²) in [5.74, 6) is 0.391. The fourth-order valence-electron chi connectivity index (χ4n) is 4.56. The Morgan fingerprint density at radius 2 is 1.76 bits per heavy atom. The number of piperidine rings is 1. The normalized spacial score (nSPS) is 14.0. The molecule has 38 heavy (non-hydrogen) atoms. The Bertz CT molecular complexity index is 1330. The van der Waals surface area contributed by atoms with Crippen molar-refractivity contribution in [1.29, 1.82) is 10.7 Å². The van der Waals surface area contributed by atoms with E-state index < -0.39 is 5.60 Å². The zero-order valence-electron chi connectivity index (χ0n) is 22.5. The number of ether oxygens (including phenoxy) is 1. The average molecular weight is 510 g/mol. The number of rotatable bonds is 6. The quantitative estimate of drug-likeness (QED) is 0.362. The van der Waals surface area contributed by atoms with E-state index in [-0.39, 0.29) is 6.09 Å². The summed E-state index contributed by atoms with van der Waals surface area (Å²) in [6.45, 7) is 9.75. The predicted molar refractivity (Wildman–Crippen MR) is 151 cm³/mol. The highest BCUT2D eigenvalue weighted by Gasteiger charge is 2.27. The number of anilines is 1. The lowest BCUT2D eigenvalue weighted by atomic mass is 9.95. The Morgan fingerprint density at radius 1 is 1.13 bits per heavy atom. The van der Waals surface area contributed by atoms with Gasteiger partial charge in [0.05, 0.1) is 23.0 Å². The van der Waals surface area contributed by atoms with Gasteiger partial charge < -0.3 is 20.4 Å². The highest BCUT2D eigenvalue weighted by molar-refractivity contribution is 5.91. The third-order valence-electron chi connectivity index (χ3n) is 6.69. The molecule has 7 heteroatoms. The maximum Gasteiger partial charge on any atom is 0.410 e. The number of amides is 1. The predicted octanol–water partition coefficient (Wildman–Crippen LogP) is 6.65. The molecule has 1 aliphatic rings. The van der Waals surface area contributed by atoms with Crippen LogP contribution in [0, 0.1) is 29.6 Å². The molecule has 2 aromatic carbocycles. The third-order valence-corrected chi connectivity index (χ3v) is 6.69. The second-order valence-corrected chi connectivity index (χ2v) is 10.8. The molecule has 1 aliphatic heterocycles. The van der Waals surface area contributed by atoms with E-state index in [1.54, 1.807) is 4.90 Å². The molecule has 1 saturated heterocycles. The number of likely N-dealkylation sites (tertiary alicyclic amines) is 1. The van der Waals surface area contributed by atoms with Crippen molar-refractivity contribution in [1.82, 2.24) is 9.88 Å². The molecule has 196 valence electrons. The van der Waals surface area contributed by atoms with Gasteiger partial charge in [0.2, 0.25) is 0 Å². The summed E-state index contributed by atoms with van der Waals surface area (Å²) in [7, 11) is 0. The fraction of sp³-hybridized carbons (Fsp3) is 0.355. The molecule has 0 saturated carbocycles. The van der Waals surface area contributed by atoms with Crippen LogP contribution in [0.15, 0.2) is 54.6 Å². The third kappa shape index (κ3) is 6.57. The van der Waals surface area contributed by atoms with Crippen LogP contribution in [0.4, 0.5) is 10.5 Å². The zero-order chi connectivity index (χ0) is 27.3. The van der Waals surface area contributed by atoms with Gasteiger partial charge in [-0.25, -0.2) is 9.78 Å². The number of aromatic nitrogens is 1. The number of benzene rings is 2. The van der Waals surface area contributed by atoms with Crippen LogP contribution in [0.5, 0.6) is 0 Å². The Morgan fingerprint density at radius 3 is 2.34 bits per heavy atom. The summed E-state index contributed by atoms with van der Waals surface area (Å²) in [5, 5.41) is 20.8. The summed E-state index contributed by atoms with van der Waals surface area (Å²) < 4.78 is 5.52. The van der Waals surface area contributed by atoms with Gasteiger partial charge in [-0.05, 0) is 70.2 Å². The number of pyridine rings is 1. The molecule has 7 nitrogen and oxygen atoms in total. The summed E-state index contributed by atoms with van der Waals surface area (Å²) in [4.78, 5) is 19.1. The van der Waals surface area contributed by atoms with Crippen molar-refractivity contribution < 1.29 is 9.53 Å². The molecule has 0 unspecified atom stereocenters. The topological polar surface area (TPSA) is 102 Å². The van der Waals surface area contributed by atoms with E-state index in [2.05, 4.69) is 29.6 Å². The number of hydrogen-bond donors (Lipinski definition) is 2. The van der Waals surface area contributed by atoms with E-state index in [4.69, 9.17) is 15.1 Å². The Kier molecular flexibility index (Phi) is 8.11. The molecule has 3 aromatic rings. The minimum Gasteiger partial charge on any atom is -0.444 e. The van der Waals surface area contributed by atoms with Gasteiger partial charge in [0.1, 0.15) is 11.3 Å². The molecule has 1 aromatic heterocycles. The molecule has 0 bridgehead atoms. The Labute approximate surface area is 225 Å². The smallest absolute Gasteiger partial charge is 0.410 e. The first-order chi connectivity index (χ1) is 18.2. The summed E-state index contributed by atoms with van der Waals surface area (Å²) in [6.07, 6.45) is 2.79. The largest absolute Gasteiger partial charge is 0.444 e. The van der Waals surface area contributed by atoms with E-state index in [1.165, 1.54) is 6.21 Å². The Balaban J connectivity index is 1.56.